The van der Waals surface area contributed by atoms with Crippen molar-refractivity contribution < 1.29 is 14.6 Å². The third-order valence-corrected chi connectivity index (χ3v) is 3.70. The first-order chi connectivity index (χ1) is 12.5. The molecule has 3 nitrogen and oxygen atoms in total. The van der Waals surface area contributed by atoms with Crippen LogP contribution in [0, 0.1) is 18.8 Å². The Kier molecular flexibility index (Phi) is 6.82. The molecule has 0 radical (unpaired) electrons. The first kappa shape index (κ1) is 19.1. The van der Waals surface area contributed by atoms with Crippen LogP contribution in [0.5, 0.6) is 0 Å². The number of aliphatic carboxylic acids is 1. The number of carboxylic acid groups (broad SMARTS) is 1. The molecule has 0 fully saturated rings. The molecule has 132 valence electrons. The van der Waals surface area contributed by atoms with Gasteiger partial charge in [-0.15, -0.1) is 0 Å². The average Bonchev–Trinajstić information content (AvgIpc) is 2.61. The van der Waals surface area contributed by atoms with Gasteiger partial charge in [-0.2, -0.15) is 0 Å². The van der Waals surface area contributed by atoms with E-state index < -0.39 is 5.97 Å². The Bertz CT molecular complexity index is 887. The zero-order valence-corrected chi connectivity index (χ0v) is 15.2. The summed E-state index contributed by atoms with van der Waals surface area (Å²) in [4.78, 5) is 9.00. The Morgan fingerprint density at radius 2 is 1.73 bits per heavy atom. The third kappa shape index (κ3) is 5.68. The van der Waals surface area contributed by atoms with Crippen molar-refractivity contribution in [3.05, 3.63) is 82.6 Å². The summed E-state index contributed by atoms with van der Waals surface area (Å²) in [5.41, 5.74) is 6.93. The molecule has 0 unspecified atom stereocenters. The third-order valence-electron chi connectivity index (χ3n) is 3.70. The van der Waals surface area contributed by atoms with Crippen molar-refractivity contribution in [2.75, 3.05) is 7.11 Å². The first-order valence-electron chi connectivity index (χ1n) is 8.30. The van der Waals surface area contributed by atoms with Gasteiger partial charge in [0.15, 0.2) is 0 Å². The molecule has 3 rings (SSSR count). The molecule has 0 bridgehead atoms. The second-order valence-electron chi connectivity index (χ2n) is 5.92. The Morgan fingerprint density at radius 1 is 1.12 bits per heavy atom. The second-order valence-corrected chi connectivity index (χ2v) is 5.92. The van der Waals surface area contributed by atoms with Crippen LogP contribution in [0.4, 0.5) is 0 Å². The fourth-order valence-electron chi connectivity index (χ4n) is 2.52. The number of allylic oxidation sites excluding steroid dienone is 2. The fraction of sp³-hybridized carbons (Fsp3) is 0.174. The molecule has 2 aromatic rings. The summed E-state index contributed by atoms with van der Waals surface area (Å²) in [6.07, 6.45) is 7.03. The predicted molar refractivity (Wildman–Crippen MR) is 106 cm³/mol. The number of hydrogen-bond donors (Lipinski definition) is 1. The van der Waals surface area contributed by atoms with Gasteiger partial charge in [-0.3, -0.25) is 4.79 Å². The first-order valence-corrected chi connectivity index (χ1v) is 8.30. The summed E-state index contributed by atoms with van der Waals surface area (Å²) in [6.45, 7) is 3.16. The lowest BCUT2D eigenvalue weighted by molar-refractivity contribution is -0.134. The monoisotopic (exact) mass is 346 g/mol. The molecule has 2 aromatic carbocycles. The lowest BCUT2D eigenvalue weighted by atomic mass is 9.91. The number of ether oxygens (including phenoxy) is 1. The Morgan fingerprint density at radius 3 is 2.38 bits per heavy atom. The molecule has 0 heterocycles. The number of methoxy groups -OCH3 is 1. The van der Waals surface area contributed by atoms with Crippen molar-refractivity contribution in [1.29, 1.82) is 0 Å². The van der Waals surface area contributed by atoms with E-state index >= 15 is 0 Å². The van der Waals surface area contributed by atoms with Gasteiger partial charge in [0.1, 0.15) is 0 Å². The van der Waals surface area contributed by atoms with Crippen molar-refractivity contribution in [2.24, 2.45) is 0 Å². The minimum atomic E-state index is -0.833. The number of hydrogen-bond acceptors (Lipinski definition) is 2. The van der Waals surface area contributed by atoms with Gasteiger partial charge in [-0.05, 0) is 54.3 Å². The molecule has 0 aliphatic heterocycles. The van der Waals surface area contributed by atoms with Gasteiger partial charge in [-0.25, -0.2) is 0 Å². The number of carbonyl (C=O) groups is 1. The SMILES string of the molecule is CC(=O)O.COC=C1CC=Cc2ccc(C#Cc3ccc(C)cc3)cc21. The van der Waals surface area contributed by atoms with Gasteiger partial charge in [0.25, 0.3) is 5.97 Å². The summed E-state index contributed by atoms with van der Waals surface area (Å²) in [7, 11) is 1.69. The number of benzene rings is 2. The standard InChI is InChI=1S/C21H18O.C2H4O2/c1-16-6-8-17(9-7-16)10-11-18-12-13-19-4-3-5-20(15-22-2)21(19)14-18;1-2(3)4/h3-4,6-9,12-15H,5H2,1-2H3;1H3,(H,3,4). The molecule has 0 atom stereocenters. The summed E-state index contributed by atoms with van der Waals surface area (Å²) in [5.74, 6) is 5.64. The fourth-order valence-corrected chi connectivity index (χ4v) is 2.52. The molecule has 0 spiro atoms. The van der Waals surface area contributed by atoms with Crippen LogP contribution < -0.4 is 0 Å². The molecule has 1 aliphatic rings. The molecule has 0 saturated carbocycles. The van der Waals surface area contributed by atoms with E-state index in [0.717, 1.165) is 24.5 Å². The van der Waals surface area contributed by atoms with Crippen molar-refractivity contribution in [2.45, 2.75) is 20.3 Å². The molecule has 0 aromatic heterocycles. The molecule has 0 saturated heterocycles. The van der Waals surface area contributed by atoms with Gasteiger partial charge in [0, 0.05) is 18.1 Å². The predicted octanol–water partition coefficient (Wildman–Crippen LogP) is 4.89. The summed E-state index contributed by atoms with van der Waals surface area (Å²) < 4.78 is 5.19. The minimum absolute atomic E-state index is 0.833. The summed E-state index contributed by atoms with van der Waals surface area (Å²) in [5, 5.41) is 7.42. The van der Waals surface area contributed by atoms with Crippen LogP contribution >= 0.6 is 0 Å². The quantitative estimate of drug-likeness (QED) is 0.591. The van der Waals surface area contributed by atoms with E-state index in [1.54, 1.807) is 7.11 Å². The van der Waals surface area contributed by atoms with Crippen LogP contribution in [0.1, 0.15) is 41.2 Å². The number of carboxylic acids is 1. The average molecular weight is 346 g/mol. The zero-order chi connectivity index (χ0) is 18.9. The van der Waals surface area contributed by atoms with Crippen molar-refractivity contribution >= 4 is 17.6 Å². The van der Waals surface area contributed by atoms with E-state index in [1.165, 1.54) is 22.3 Å². The smallest absolute Gasteiger partial charge is 0.300 e. The largest absolute Gasteiger partial charge is 0.504 e. The molecular formula is C23H22O3. The van der Waals surface area contributed by atoms with Crippen molar-refractivity contribution in [3.63, 3.8) is 0 Å². The highest BCUT2D eigenvalue weighted by atomic mass is 16.5. The van der Waals surface area contributed by atoms with E-state index in [2.05, 4.69) is 73.4 Å². The zero-order valence-electron chi connectivity index (χ0n) is 15.2. The van der Waals surface area contributed by atoms with Gasteiger partial charge >= 0.3 is 0 Å². The van der Waals surface area contributed by atoms with Gasteiger partial charge in [0.05, 0.1) is 13.4 Å². The van der Waals surface area contributed by atoms with Gasteiger partial charge in [-0.1, -0.05) is 47.8 Å². The maximum atomic E-state index is 9.00. The molecular weight excluding hydrogens is 324 g/mol. The van der Waals surface area contributed by atoms with Crippen LogP contribution in [-0.4, -0.2) is 18.2 Å². The number of rotatable bonds is 1. The normalized spacial score (nSPS) is 13.0. The van der Waals surface area contributed by atoms with Crippen LogP contribution in [-0.2, 0) is 9.53 Å². The molecule has 3 heteroatoms. The van der Waals surface area contributed by atoms with E-state index in [-0.39, 0.29) is 0 Å². The number of aryl methyl sites for hydroxylation is 1. The lowest BCUT2D eigenvalue weighted by Crippen LogP contribution is -1.95. The topological polar surface area (TPSA) is 46.5 Å². The highest BCUT2D eigenvalue weighted by molar-refractivity contribution is 5.79. The van der Waals surface area contributed by atoms with Crippen molar-refractivity contribution in [1.82, 2.24) is 0 Å². The van der Waals surface area contributed by atoms with E-state index in [0.29, 0.717) is 0 Å². The maximum Gasteiger partial charge on any atom is 0.300 e. The second kappa shape index (κ2) is 9.29. The van der Waals surface area contributed by atoms with Crippen LogP contribution in [0.2, 0.25) is 0 Å². The Labute approximate surface area is 154 Å². The summed E-state index contributed by atoms with van der Waals surface area (Å²) >= 11 is 0. The van der Waals surface area contributed by atoms with Crippen molar-refractivity contribution in [3.8, 4) is 11.8 Å². The van der Waals surface area contributed by atoms with E-state index in [1.807, 2.05) is 6.26 Å². The lowest BCUT2D eigenvalue weighted by Gasteiger charge is -2.14. The highest BCUT2D eigenvalue weighted by Gasteiger charge is 2.10. The van der Waals surface area contributed by atoms with E-state index in [9.17, 15) is 0 Å². The van der Waals surface area contributed by atoms with Crippen LogP contribution in [0.3, 0.4) is 0 Å². The van der Waals surface area contributed by atoms with Gasteiger partial charge in [0.2, 0.25) is 0 Å². The highest BCUT2D eigenvalue weighted by Crippen LogP contribution is 2.29. The molecule has 26 heavy (non-hydrogen) atoms. The van der Waals surface area contributed by atoms with Crippen LogP contribution in [0.25, 0.3) is 11.6 Å². The Hall–Kier alpha value is -3.25. The number of fused-ring (bicyclic) bond motifs is 1. The molecule has 1 aliphatic carbocycles. The molecule has 1 N–H and O–H groups in total. The van der Waals surface area contributed by atoms with Crippen LogP contribution in [0.15, 0.2) is 54.8 Å². The minimum Gasteiger partial charge on any atom is -0.504 e. The molecule has 0 amide bonds. The Balaban J connectivity index is 0.000000552. The van der Waals surface area contributed by atoms with Gasteiger partial charge < -0.3 is 9.84 Å². The van der Waals surface area contributed by atoms with E-state index in [4.69, 9.17) is 14.6 Å². The maximum absolute atomic E-state index is 9.00. The summed E-state index contributed by atoms with van der Waals surface area (Å²) in [6, 6.07) is 14.6.